The van der Waals surface area contributed by atoms with Crippen LogP contribution in [0.25, 0.3) is 21.5 Å². The van der Waals surface area contributed by atoms with Gasteiger partial charge in [-0.05, 0) is 73.9 Å². The Kier molecular flexibility index (Phi) is 5.92. The van der Waals surface area contributed by atoms with Crippen LogP contribution in [0.3, 0.4) is 0 Å². The third-order valence-electron chi connectivity index (χ3n) is 5.93. The number of nitrogens with one attached hydrogen (secondary N) is 1. The van der Waals surface area contributed by atoms with Crippen molar-refractivity contribution in [2.75, 3.05) is 30.4 Å². The molecule has 1 atom stereocenters. The Morgan fingerprint density at radius 2 is 1.97 bits per heavy atom. The zero-order valence-corrected chi connectivity index (χ0v) is 19.4. The lowest BCUT2D eigenvalue weighted by atomic mass is 9.97. The average Bonchev–Trinajstić information content (AvgIpc) is 3.25. The summed E-state index contributed by atoms with van der Waals surface area (Å²) < 4.78 is 6.30. The van der Waals surface area contributed by atoms with Crippen LogP contribution in [-0.4, -0.2) is 41.3 Å². The number of aryl methyl sites for hydroxylation is 1. The molecule has 2 aromatic carbocycles. The largest absolute Gasteiger partial charge is 0.497 e. The standard InChI is InChI=1S/C25H25N5O2S/c1-16-5-10-21-22(14-16)33-25(26-21)27-24(31)18-4-3-13-30(15-18)23-12-11-20(28-29-23)17-6-8-19(32-2)9-7-17/h5-12,14,18H,3-4,13,15H2,1-2H3,(H,26,27,31). The molecule has 0 spiro atoms. The van der Waals surface area contributed by atoms with Gasteiger partial charge in [0.2, 0.25) is 5.91 Å². The predicted octanol–water partition coefficient (Wildman–Crippen LogP) is 4.93. The lowest BCUT2D eigenvalue weighted by Crippen LogP contribution is -2.41. The first kappa shape index (κ1) is 21.3. The van der Waals surface area contributed by atoms with Gasteiger partial charge in [0, 0.05) is 18.7 Å². The van der Waals surface area contributed by atoms with E-state index in [2.05, 4.69) is 38.4 Å². The van der Waals surface area contributed by atoms with Crippen LogP contribution in [0, 0.1) is 12.8 Å². The normalized spacial score (nSPS) is 16.1. The molecule has 1 amide bonds. The number of carbonyl (C=O) groups excluding carboxylic acids is 1. The zero-order valence-electron chi connectivity index (χ0n) is 18.6. The Hall–Kier alpha value is -3.52. The third-order valence-corrected chi connectivity index (χ3v) is 6.86. The van der Waals surface area contributed by atoms with Gasteiger partial charge in [0.25, 0.3) is 0 Å². The van der Waals surface area contributed by atoms with Crippen molar-refractivity contribution in [1.29, 1.82) is 0 Å². The Balaban J connectivity index is 1.25. The molecule has 1 N–H and O–H groups in total. The van der Waals surface area contributed by atoms with Crippen molar-refractivity contribution in [2.45, 2.75) is 19.8 Å². The first-order valence-electron chi connectivity index (χ1n) is 11.0. The van der Waals surface area contributed by atoms with E-state index in [0.717, 1.165) is 52.4 Å². The van der Waals surface area contributed by atoms with Crippen LogP contribution in [-0.2, 0) is 4.79 Å². The van der Waals surface area contributed by atoms with Crippen LogP contribution in [0.5, 0.6) is 5.75 Å². The van der Waals surface area contributed by atoms with Crippen molar-refractivity contribution in [3.8, 4) is 17.0 Å². The van der Waals surface area contributed by atoms with Crippen LogP contribution in [0.2, 0.25) is 0 Å². The minimum atomic E-state index is -0.115. The fourth-order valence-electron chi connectivity index (χ4n) is 4.10. The molecule has 0 aliphatic carbocycles. The molecule has 1 saturated heterocycles. The van der Waals surface area contributed by atoms with Crippen molar-refractivity contribution >= 4 is 38.4 Å². The van der Waals surface area contributed by atoms with E-state index in [4.69, 9.17) is 4.74 Å². The Morgan fingerprint density at radius 3 is 2.73 bits per heavy atom. The molecule has 1 unspecified atom stereocenters. The third kappa shape index (κ3) is 4.66. The maximum Gasteiger partial charge on any atom is 0.231 e. The lowest BCUT2D eigenvalue weighted by molar-refractivity contribution is -0.120. The van der Waals surface area contributed by atoms with Gasteiger partial charge >= 0.3 is 0 Å². The van der Waals surface area contributed by atoms with Crippen molar-refractivity contribution in [3.63, 3.8) is 0 Å². The molecule has 168 valence electrons. The van der Waals surface area contributed by atoms with Crippen molar-refractivity contribution in [3.05, 3.63) is 60.2 Å². The summed E-state index contributed by atoms with van der Waals surface area (Å²) in [6.45, 7) is 3.54. The fourth-order valence-corrected chi connectivity index (χ4v) is 5.07. The first-order chi connectivity index (χ1) is 16.1. The van der Waals surface area contributed by atoms with E-state index in [1.165, 1.54) is 16.9 Å². The van der Waals surface area contributed by atoms with Gasteiger partial charge in [0.1, 0.15) is 5.75 Å². The number of thiazole rings is 1. The summed E-state index contributed by atoms with van der Waals surface area (Å²) in [6, 6.07) is 17.8. The highest BCUT2D eigenvalue weighted by molar-refractivity contribution is 7.22. The minimum absolute atomic E-state index is 0.0123. The summed E-state index contributed by atoms with van der Waals surface area (Å²) in [4.78, 5) is 19.7. The maximum absolute atomic E-state index is 13.0. The lowest BCUT2D eigenvalue weighted by Gasteiger charge is -2.32. The molecule has 1 aliphatic rings. The second kappa shape index (κ2) is 9.15. The van der Waals surface area contributed by atoms with E-state index < -0.39 is 0 Å². The number of piperidine rings is 1. The predicted molar refractivity (Wildman–Crippen MR) is 132 cm³/mol. The quantitative estimate of drug-likeness (QED) is 0.456. The van der Waals surface area contributed by atoms with Crippen molar-refractivity contribution in [1.82, 2.24) is 15.2 Å². The molecule has 1 fully saturated rings. The first-order valence-corrected chi connectivity index (χ1v) is 11.8. The number of fused-ring (bicyclic) bond motifs is 1. The zero-order chi connectivity index (χ0) is 22.8. The molecule has 1 aliphatic heterocycles. The number of hydrogen-bond donors (Lipinski definition) is 1. The van der Waals surface area contributed by atoms with E-state index in [0.29, 0.717) is 11.7 Å². The highest BCUT2D eigenvalue weighted by Gasteiger charge is 2.27. The molecule has 0 saturated carbocycles. The van der Waals surface area contributed by atoms with Crippen LogP contribution >= 0.6 is 11.3 Å². The second-order valence-electron chi connectivity index (χ2n) is 8.27. The van der Waals surface area contributed by atoms with Gasteiger partial charge in [-0.3, -0.25) is 4.79 Å². The fraction of sp³-hybridized carbons (Fsp3) is 0.280. The number of hydrogen-bond acceptors (Lipinski definition) is 7. The number of ether oxygens (including phenoxy) is 1. The number of nitrogens with zero attached hydrogens (tertiary/aromatic N) is 4. The number of methoxy groups -OCH3 is 1. The second-order valence-corrected chi connectivity index (χ2v) is 9.30. The maximum atomic E-state index is 13.0. The van der Waals surface area contributed by atoms with Gasteiger partial charge < -0.3 is 15.0 Å². The smallest absolute Gasteiger partial charge is 0.231 e. The topological polar surface area (TPSA) is 80.2 Å². The number of benzene rings is 2. The van der Waals surface area contributed by atoms with Crippen LogP contribution in [0.1, 0.15) is 18.4 Å². The van der Waals surface area contributed by atoms with Gasteiger partial charge in [-0.1, -0.05) is 17.4 Å². The van der Waals surface area contributed by atoms with E-state index in [-0.39, 0.29) is 11.8 Å². The summed E-state index contributed by atoms with van der Waals surface area (Å²) in [7, 11) is 1.65. The van der Waals surface area contributed by atoms with Gasteiger partial charge in [-0.2, -0.15) is 0 Å². The molecule has 0 bridgehead atoms. The van der Waals surface area contributed by atoms with E-state index in [1.807, 2.05) is 48.5 Å². The van der Waals surface area contributed by atoms with Crippen LogP contribution < -0.4 is 15.0 Å². The van der Waals surface area contributed by atoms with Gasteiger partial charge in [0.15, 0.2) is 10.9 Å². The molecule has 4 aromatic rings. The Labute approximate surface area is 196 Å². The molecule has 2 aromatic heterocycles. The van der Waals surface area contributed by atoms with Gasteiger partial charge in [-0.25, -0.2) is 4.98 Å². The molecule has 3 heterocycles. The highest BCUT2D eigenvalue weighted by Crippen LogP contribution is 2.29. The SMILES string of the molecule is COc1ccc(-c2ccc(N3CCCC(C(=O)Nc4nc5ccc(C)cc5s4)C3)nn2)cc1. The Bertz CT molecular complexity index is 1270. The molecule has 33 heavy (non-hydrogen) atoms. The van der Waals surface area contributed by atoms with Crippen LogP contribution in [0.15, 0.2) is 54.6 Å². The summed E-state index contributed by atoms with van der Waals surface area (Å²) in [6.07, 6.45) is 1.78. The number of amides is 1. The number of carbonyl (C=O) groups is 1. The number of rotatable bonds is 5. The van der Waals surface area contributed by atoms with Crippen LogP contribution in [0.4, 0.5) is 10.9 Å². The van der Waals surface area contributed by atoms with Crippen molar-refractivity contribution < 1.29 is 9.53 Å². The molecule has 7 nitrogen and oxygen atoms in total. The summed E-state index contributed by atoms with van der Waals surface area (Å²) >= 11 is 1.52. The molecular weight excluding hydrogens is 434 g/mol. The van der Waals surface area contributed by atoms with Gasteiger partial charge in [-0.15, -0.1) is 10.2 Å². The average molecular weight is 460 g/mol. The number of anilines is 2. The molecule has 8 heteroatoms. The van der Waals surface area contributed by atoms with Crippen molar-refractivity contribution in [2.24, 2.45) is 5.92 Å². The molecular formula is C25H25N5O2S. The van der Waals surface area contributed by atoms with E-state index in [1.54, 1.807) is 7.11 Å². The van der Waals surface area contributed by atoms with Gasteiger partial charge in [0.05, 0.1) is 28.9 Å². The summed E-state index contributed by atoms with van der Waals surface area (Å²) in [5.41, 5.74) is 3.89. The minimum Gasteiger partial charge on any atom is -0.497 e. The summed E-state index contributed by atoms with van der Waals surface area (Å²) in [5, 5.41) is 12.5. The van der Waals surface area contributed by atoms with E-state index in [9.17, 15) is 4.79 Å². The van der Waals surface area contributed by atoms with E-state index >= 15 is 0 Å². The highest BCUT2D eigenvalue weighted by atomic mass is 32.1. The molecule has 5 rings (SSSR count). The summed E-state index contributed by atoms with van der Waals surface area (Å²) in [5.74, 6) is 1.50. The Morgan fingerprint density at radius 1 is 1.12 bits per heavy atom. The number of aromatic nitrogens is 3. The monoisotopic (exact) mass is 459 g/mol. The molecule has 0 radical (unpaired) electrons.